The van der Waals surface area contributed by atoms with Gasteiger partial charge in [0, 0.05) is 12.6 Å². The molecule has 2 bridgehead atoms. The van der Waals surface area contributed by atoms with Gasteiger partial charge in [-0.3, -0.25) is 14.4 Å². The smallest absolute Gasteiger partial charge is 0.312 e. The van der Waals surface area contributed by atoms with Crippen LogP contribution in [-0.2, 0) is 23.9 Å². The molecule has 1 spiro atoms. The number of carbonyl (C=O) groups is 3. The molecule has 4 rings (SSSR count). The second-order valence-corrected chi connectivity index (χ2v) is 10.2. The normalized spacial score (nSPS) is 32.0. The van der Waals surface area contributed by atoms with Gasteiger partial charge in [-0.1, -0.05) is 36.4 Å². The summed E-state index contributed by atoms with van der Waals surface area (Å²) in [5.41, 5.74) is -1.35. The third kappa shape index (κ3) is 3.78. The number of hydrogen-bond acceptors (Lipinski definition) is 6. The van der Waals surface area contributed by atoms with E-state index in [0.29, 0.717) is 24.9 Å². The Hall–Kier alpha value is -2.71. The topological polar surface area (TPSA) is 96.4 Å². The number of amides is 2. The van der Waals surface area contributed by atoms with E-state index in [4.69, 9.17) is 9.47 Å². The molecule has 1 N–H and O–H groups in total. The van der Waals surface area contributed by atoms with Crippen molar-refractivity contribution in [2.24, 2.45) is 11.8 Å². The Bertz CT molecular complexity index is 997. The van der Waals surface area contributed by atoms with Gasteiger partial charge in [0.2, 0.25) is 11.8 Å². The summed E-state index contributed by atoms with van der Waals surface area (Å²) >= 11 is 0. The summed E-state index contributed by atoms with van der Waals surface area (Å²) in [6, 6.07) is 7.28. The predicted molar refractivity (Wildman–Crippen MR) is 129 cm³/mol. The van der Waals surface area contributed by atoms with Gasteiger partial charge in [0.25, 0.3) is 0 Å². The van der Waals surface area contributed by atoms with Crippen LogP contribution in [-0.4, -0.2) is 75.7 Å². The molecule has 8 nitrogen and oxygen atoms in total. The number of hydrogen-bond donors (Lipinski definition) is 1. The minimum absolute atomic E-state index is 0.146. The lowest BCUT2D eigenvalue weighted by molar-refractivity contribution is -0.162. The summed E-state index contributed by atoms with van der Waals surface area (Å²) in [5, 5.41) is 10.5. The van der Waals surface area contributed by atoms with Gasteiger partial charge in [-0.25, -0.2) is 0 Å². The van der Waals surface area contributed by atoms with Crippen molar-refractivity contribution < 1.29 is 29.0 Å². The molecule has 0 radical (unpaired) electrons. The molecule has 0 aliphatic carbocycles. The van der Waals surface area contributed by atoms with Crippen molar-refractivity contribution in [2.75, 3.05) is 19.8 Å². The summed E-state index contributed by atoms with van der Waals surface area (Å²) in [6.45, 7) is 11.3. The zero-order valence-electron chi connectivity index (χ0n) is 21.0. The van der Waals surface area contributed by atoms with E-state index in [1.54, 1.807) is 17.9 Å². The number of fused-ring (bicyclic) bond motifs is 1. The summed E-state index contributed by atoms with van der Waals surface area (Å²) in [5.74, 6) is -2.76. The zero-order valence-corrected chi connectivity index (χ0v) is 21.0. The fourth-order valence-corrected chi connectivity index (χ4v) is 6.45. The molecule has 3 aliphatic rings. The highest BCUT2D eigenvalue weighted by Crippen LogP contribution is 2.64. The summed E-state index contributed by atoms with van der Waals surface area (Å²) in [7, 11) is 0. The monoisotopic (exact) mass is 484 g/mol. The van der Waals surface area contributed by atoms with Crippen LogP contribution >= 0.6 is 0 Å². The molecule has 2 unspecified atom stereocenters. The van der Waals surface area contributed by atoms with Crippen molar-refractivity contribution in [2.45, 2.75) is 69.9 Å². The Morgan fingerprint density at radius 2 is 2.00 bits per heavy atom. The van der Waals surface area contributed by atoms with E-state index in [1.807, 2.05) is 51.1 Å². The van der Waals surface area contributed by atoms with Gasteiger partial charge in [-0.2, -0.15) is 0 Å². The molecular formula is C27H36N2O6. The third-order valence-electron chi connectivity index (χ3n) is 7.91. The molecule has 1 aromatic rings. The first kappa shape index (κ1) is 25.4. The number of benzene rings is 1. The minimum Gasteiger partial charge on any atom is -0.466 e. The molecular weight excluding hydrogens is 448 g/mol. The van der Waals surface area contributed by atoms with Crippen molar-refractivity contribution in [1.82, 2.24) is 9.80 Å². The fourth-order valence-electron chi connectivity index (χ4n) is 6.45. The Morgan fingerprint density at radius 3 is 2.57 bits per heavy atom. The van der Waals surface area contributed by atoms with Crippen molar-refractivity contribution in [1.29, 1.82) is 0 Å². The maximum absolute atomic E-state index is 14.2. The number of nitrogens with zero attached hydrogens (tertiary/aromatic N) is 2. The van der Waals surface area contributed by atoms with Crippen molar-refractivity contribution in [3.8, 4) is 0 Å². The van der Waals surface area contributed by atoms with E-state index in [9.17, 15) is 19.5 Å². The third-order valence-corrected chi connectivity index (χ3v) is 7.91. The number of ether oxygens (including phenoxy) is 2. The Morgan fingerprint density at radius 1 is 1.31 bits per heavy atom. The number of aliphatic hydroxyl groups excluding tert-OH is 1. The highest BCUT2D eigenvalue weighted by molar-refractivity contribution is 5.99. The largest absolute Gasteiger partial charge is 0.466 e. The molecule has 3 aliphatic heterocycles. The summed E-state index contributed by atoms with van der Waals surface area (Å²) in [6.07, 6.45) is 2.66. The lowest BCUT2D eigenvalue weighted by atomic mass is 9.66. The second kappa shape index (κ2) is 9.39. The first-order valence-electron chi connectivity index (χ1n) is 12.4. The van der Waals surface area contributed by atoms with Gasteiger partial charge in [0.15, 0.2) is 0 Å². The van der Waals surface area contributed by atoms with Crippen LogP contribution in [0.1, 0.15) is 52.1 Å². The van der Waals surface area contributed by atoms with Gasteiger partial charge in [0.1, 0.15) is 17.6 Å². The minimum atomic E-state index is -1.17. The second-order valence-electron chi connectivity index (χ2n) is 10.2. The first-order chi connectivity index (χ1) is 16.7. The molecule has 190 valence electrons. The highest BCUT2D eigenvalue weighted by atomic mass is 16.6. The molecule has 0 aromatic heterocycles. The summed E-state index contributed by atoms with van der Waals surface area (Å²) in [4.78, 5) is 44.7. The van der Waals surface area contributed by atoms with Gasteiger partial charge in [-0.05, 0) is 46.1 Å². The molecule has 6 atom stereocenters. The van der Waals surface area contributed by atoms with Crippen LogP contribution in [0.2, 0.25) is 0 Å². The standard InChI is InChI=1S/C27H36N2O6/c1-6-15-28(17(3)4)24(32)22-27-14-13-26(5,35-27)21(25(33)34-7-2)20(27)23(31)29(22)19(16-30)18-11-9-8-10-12-18/h6,8-12,17,19-22,30H,1,7,13-16H2,2-5H3/t19-,20+,21-,22?,26+,27?/m1/s1. The number of carbonyl (C=O) groups excluding carboxylic acids is 3. The molecule has 0 saturated carbocycles. The molecule has 3 fully saturated rings. The van der Waals surface area contributed by atoms with E-state index >= 15 is 0 Å². The zero-order chi connectivity index (χ0) is 25.5. The van der Waals surface area contributed by atoms with Gasteiger partial charge in [-0.15, -0.1) is 6.58 Å². The number of aliphatic hydroxyl groups is 1. The van der Waals surface area contributed by atoms with E-state index in [0.717, 1.165) is 0 Å². The molecule has 8 heteroatoms. The predicted octanol–water partition coefficient (Wildman–Crippen LogP) is 2.47. The lowest BCUT2D eigenvalue weighted by Gasteiger charge is -2.40. The van der Waals surface area contributed by atoms with Gasteiger partial charge >= 0.3 is 5.97 Å². The SMILES string of the molecule is C=CCN(C(=O)C1N([C@H](CO)c2ccccc2)C(=O)[C@@H]2[C@H](C(=O)OCC)[C@]3(C)CCC12O3)C(C)C. The van der Waals surface area contributed by atoms with Crippen LogP contribution in [0.4, 0.5) is 0 Å². The number of likely N-dealkylation sites (tertiary alicyclic amines) is 1. The Kier molecular flexibility index (Phi) is 6.81. The van der Waals surface area contributed by atoms with Crippen LogP contribution in [0.15, 0.2) is 43.0 Å². The van der Waals surface area contributed by atoms with Crippen molar-refractivity contribution in [3.05, 3.63) is 48.6 Å². The lowest BCUT2D eigenvalue weighted by Crippen LogP contribution is -2.58. The van der Waals surface area contributed by atoms with Crippen LogP contribution in [0, 0.1) is 11.8 Å². The Labute approximate surface area is 206 Å². The molecule has 1 aromatic carbocycles. The first-order valence-corrected chi connectivity index (χ1v) is 12.4. The van der Waals surface area contributed by atoms with Gasteiger partial charge < -0.3 is 24.4 Å². The van der Waals surface area contributed by atoms with Crippen LogP contribution < -0.4 is 0 Å². The van der Waals surface area contributed by atoms with Crippen LogP contribution in [0.5, 0.6) is 0 Å². The quantitative estimate of drug-likeness (QED) is 0.427. The maximum Gasteiger partial charge on any atom is 0.312 e. The highest BCUT2D eigenvalue weighted by Gasteiger charge is 2.79. The Balaban J connectivity index is 1.87. The average molecular weight is 485 g/mol. The van der Waals surface area contributed by atoms with Crippen molar-refractivity contribution >= 4 is 17.8 Å². The fraction of sp³-hybridized carbons (Fsp3) is 0.593. The van der Waals surface area contributed by atoms with E-state index in [2.05, 4.69) is 6.58 Å². The maximum atomic E-state index is 14.2. The molecule has 3 saturated heterocycles. The number of esters is 1. The molecule has 3 heterocycles. The van der Waals surface area contributed by atoms with Gasteiger partial charge in [0.05, 0.1) is 30.8 Å². The van der Waals surface area contributed by atoms with Crippen LogP contribution in [0.25, 0.3) is 0 Å². The molecule has 2 amide bonds. The van der Waals surface area contributed by atoms with E-state index in [-0.39, 0.29) is 31.1 Å². The molecule has 35 heavy (non-hydrogen) atoms. The van der Waals surface area contributed by atoms with E-state index in [1.165, 1.54) is 4.90 Å². The number of rotatable bonds is 9. The van der Waals surface area contributed by atoms with Crippen molar-refractivity contribution in [3.63, 3.8) is 0 Å². The summed E-state index contributed by atoms with van der Waals surface area (Å²) < 4.78 is 12.0. The van der Waals surface area contributed by atoms with E-state index < -0.39 is 41.1 Å². The van der Waals surface area contributed by atoms with Crippen LogP contribution in [0.3, 0.4) is 0 Å². The average Bonchev–Trinajstić information content (AvgIpc) is 3.39.